The van der Waals surface area contributed by atoms with Gasteiger partial charge >= 0.3 is 0 Å². The van der Waals surface area contributed by atoms with Crippen molar-refractivity contribution >= 4 is 15.9 Å². The molecule has 0 N–H and O–H groups in total. The Kier molecular flexibility index (Phi) is 7.15. The Labute approximate surface area is 246 Å². The van der Waals surface area contributed by atoms with Gasteiger partial charge in [-0.05, 0) is 95.1 Å². The number of benzene rings is 4. The highest BCUT2D eigenvalue weighted by molar-refractivity contribution is 9.10. The molecule has 6 aromatic rings. The number of nitriles is 2. The Balaban J connectivity index is 1.46. The van der Waals surface area contributed by atoms with Gasteiger partial charge in [0.05, 0.1) is 34.7 Å². The minimum atomic E-state index is 0.573. The standard InChI is InChI=1S/C35H20BrN5/c36-32-18-30(27-13-15-39-16-14-27)17-31(19-32)34-20-33(40-35(41-34)29-7-3-24(22-38)4-8-29)28-11-9-26(10-12-28)25-5-1-23(21-37)2-6-25/h1-20H. The summed E-state index contributed by atoms with van der Waals surface area (Å²) >= 11 is 3.68. The molecule has 0 atom stereocenters. The topological polar surface area (TPSA) is 86.2 Å². The van der Waals surface area contributed by atoms with E-state index in [0.717, 1.165) is 54.8 Å². The highest BCUT2D eigenvalue weighted by Gasteiger charge is 2.13. The fourth-order valence-electron chi connectivity index (χ4n) is 4.59. The Morgan fingerprint density at radius 2 is 0.927 bits per heavy atom. The normalized spacial score (nSPS) is 10.5. The Morgan fingerprint density at radius 3 is 1.51 bits per heavy atom. The second kappa shape index (κ2) is 11.4. The maximum absolute atomic E-state index is 9.26. The van der Waals surface area contributed by atoms with Crippen molar-refractivity contribution < 1.29 is 0 Å². The molecule has 0 amide bonds. The molecule has 41 heavy (non-hydrogen) atoms. The van der Waals surface area contributed by atoms with Gasteiger partial charge < -0.3 is 0 Å². The van der Waals surface area contributed by atoms with Crippen molar-refractivity contribution in [1.82, 2.24) is 15.0 Å². The fraction of sp³-hybridized carbons (Fsp3) is 0. The van der Waals surface area contributed by atoms with Crippen LogP contribution in [0.2, 0.25) is 0 Å². The van der Waals surface area contributed by atoms with Crippen molar-refractivity contribution in [3.63, 3.8) is 0 Å². The summed E-state index contributed by atoms with van der Waals surface area (Å²) in [6.45, 7) is 0. The van der Waals surface area contributed by atoms with Gasteiger partial charge in [-0.3, -0.25) is 4.98 Å². The summed E-state index contributed by atoms with van der Waals surface area (Å²) in [7, 11) is 0. The third-order valence-electron chi connectivity index (χ3n) is 6.73. The van der Waals surface area contributed by atoms with E-state index >= 15 is 0 Å². The predicted octanol–water partition coefficient (Wildman–Crippen LogP) is 8.71. The third kappa shape index (κ3) is 5.65. The van der Waals surface area contributed by atoms with Crippen LogP contribution in [0.1, 0.15) is 11.1 Å². The van der Waals surface area contributed by atoms with Gasteiger partial charge in [0.2, 0.25) is 0 Å². The Bertz CT molecular complexity index is 1940. The van der Waals surface area contributed by atoms with Crippen LogP contribution in [-0.4, -0.2) is 15.0 Å². The first-order chi connectivity index (χ1) is 20.1. The van der Waals surface area contributed by atoms with Gasteiger partial charge in [0.15, 0.2) is 5.82 Å². The van der Waals surface area contributed by atoms with E-state index in [2.05, 4.69) is 57.3 Å². The van der Waals surface area contributed by atoms with Gasteiger partial charge in [-0.25, -0.2) is 9.97 Å². The highest BCUT2D eigenvalue weighted by Crippen LogP contribution is 2.33. The van der Waals surface area contributed by atoms with E-state index in [1.54, 1.807) is 24.5 Å². The zero-order chi connectivity index (χ0) is 28.2. The SMILES string of the molecule is N#Cc1ccc(-c2ccc(-c3cc(-c4cc(Br)cc(-c5ccncc5)c4)nc(-c4ccc(C#N)cc4)n3)cc2)cc1. The molecule has 0 bridgehead atoms. The summed E-state index contributed by atoms with van der Waals surface area (Å²) in [5.41, 5.74) is 9.68. The fourth-order valence-corrected chi connectivity index (χ4v) is 5.08. The largest absolute Gasteiger partial charge is 0.265 e. The lowest BCUT2D eigenvalue weighted by Crippen LogP contribution is -1.96. The summed E-state index contributed by atoms with van der Waals surface area (Å²) in [5.74, 6) is 0.573. The van der Waals surface area contributed by atoms with Gasteiger partial charge in [0, 0.05) is 33.6 Å². The zero-order valence-corrected chi connectivity index (χ0v) is 23.2. The molecule has 0 saturated heterocycles. The van der Waals surface area contributed by atoms with Crippen LogP contribution in [0, 0.1) is 22.7 Å². The molecule has 2 aromatic heterocycles. The van der Waals surface area contributed by atoms with Gasteiger partial charge in [-0.1, -0.05) is 52.3 Å². The molecule has 0 aliphatic rings. The zero-order valence-electron chi connectivity index (χ0n) is 21.7. The van der Waals surface area contributed by atoms with Crippen LogP contribution in [-0.2, 0) is 0 Å². The van der Waals surface area contributed by atoms with Crippen LogP contribution in [0.3, 0.4) is 0 Å². The number of rotatable bonds is 5. The van der Waals surface area contributed by atoms with Gasteiger partial charge in [0.1, 0.15) is 0 Å². The molecule has 6 rings (SSSR count). The van der Waals surface area contributed by atoms with Crippen LogP contribution in [0.5, 0.6) is 0 Å². The average molecular weight is 590 g/mol. The van der Waals surface area contributed by atoms with Crippen LogP contribution >= 0.6 is 15.9 Å². The summed E-state index contributed by atoms with van der Waals surface area (Å²) in [6.07, 6.45) is 3.56. The summed E-state index contributed by atoms with van der Waals surface area (Å²) in [6, 6.07) is 39.6. The van der Waals surface area contributed by atoms with Crippen LogP contribution in [0.4, 0.5) is 0 Å². The maximum Gasteiger partial charge on any atom is 0.160 e. The molecule has 0 fully saturated rings. The molecule has 0 spiro atoms. The molecule has 0 aliphatic carbocycles. The summed E-state index contributed by atoms with van der Waals surface area (Å²) in [5, 5.41) is 18.4. The molecule has 0 saturated carbocycles. The Morgan fingerprint density at radius 1 is 0.463 bits per heavy atom. The second-order valence-electron chi connectivity index (χ2n) is 9.38. The van der Waals surface area contributed by atoms with Crippen LogP contribution in [0.15, 0.2) is 126 Å². The van der Waals surface area contributed by atoms with Gasteiger partial charge in [-0.15, -0.1) is 0 Å². The van der Waals surface area contributed by atoms with E-state index in [0.29, 0.717) is 17.0 Å². The van der Waals surface area contributed by atoms with Gasteiger partial charge in [0.25, 0.3) is 0 Å². The first-order valence-electron chi connectivity index (χ1n) is 12.8. The lowest BCUT2D eigenvalue weighted by Gasteiger charge is -2.12. The van der Waals surface area contributed by atoms with Crippen molar-refractivity contribution in [3.05, 3.63) is 137 Å². The quantitative estimate of drug-likeness (QED) is 0.200. The van der Waals surface area contributed by atoms with E-state index in [-0.39, 0.29) is 0 Å². The van der Waals surface area contributed by atoms with Crippen molar-refractivity contribution in [3.8, 4) is 68.3 Å². The van der Waals surface area contributed by atoms with Crippen LogP contribution < -0.4 is 0 Å². The number of halogens is 1. The predicted molar refractivity (Wildman–Crippen MR) is 164 cm³/mol. The smallest absolute Gasteiger partial charge is 0.160 e. The van der Waals surface area contributed by atoms with Gasteiger partial charge in [-0.2, -0.15) is 10.5 Å². The third-order valence-corrected chi connectivity index (χ3v) is 7.19. The molecule has 0 radical (unpaired) electrons. The summed E-state index contributed by atoms with van der Waals surface area (Å²) < 4.78 is 0.939. The lowest BCUT2D eigenvalue weighted by atomic mass is 9.99. The number of aromatic nitrogens is 3. The molecule has 192 valence electrons. The Hall–Kier alpha value is -5.43. The van der Waals surface area contributed by atoms with E-state index in [9.17, 15) is 5.26 Å². The van der Waals surface area contributed by atoms with Crippen LogP contribution in [0.25, 0.3) is 56.2 Å². The van der Waals surface area contributed by atoms with Crippen molar-refractivity contribution in [2.75, 3.05) is 0 Å². The minimum Gasteiger partial charge on any atom is -0.265 e. The lowest BCUT2D eigenvalue weighted by molar-refractivity contribution is 1.18. The molecular weight excluding hydrogens is 570 g/mol. The number of nitrogens with zero attached hydrogens (tertiary/aromatic N) is 5. The number of hydrogen-bond acceptors (Lipinski definition) is 5. The molecule has 6 heteroatoms. The first-order valence-corrected chi connectivity index (χ1v) is 13.6. The van der Waals surface area contributed by atoms with Crippen molar-refractivity contribution in [2.45, 2.75) is 0 Å². The summed E-state index contributed by atoms with van der Waals surface area (Å²) in [4.78, 5) is 14.0. The average Bonchev–Trinajstić information content (AvgIpc) is 3.05. The maximum atomic E-state index is 9.26. The van der Waals surface area contributed by atoms with E-state index < -0.39 is 0 Å². The molecule has 5 nitrogen and oxygen atoms in total. The highest BCUT2D eigenvalue weighted by atomic mass is 79.9. The van der Waals surface area contributed by atoms with E-state index in [4.69, 9.17) is 15.2 Å². The molecule has 0 aliphatic heterocycles. The monoisotopic (exact) mass is 589 g/mol. The molecule has 4 aromatic carbocycles. The molecule has 0 unspecified atom stereocenters. The van der Waals surface area contributed by atoms with Crippen molar-refractivity contribution in [1.29, 1.82) is 10.5 Å². The van der Waals surface area contributed by atoms with E-state index in [1.807, 2.05) is 72.8 Å². The number of hydrogen-bond donors (Lipinski definition) is 0. The second-order valence-corrected chi connectivity index (χ2v) is 10.3. The molecule has 2 heterocycles. The number of pyridine rings is 1. The van der Waals surface area contributed by atoms with Crippen molar-refractivity contribution in [2.24, 2.45) is 0 Å². The first kappa shape index (κ1) is 25.8. The minimum absolute atomic E-state index is 0.573. The molecular formula is C35H20BrN5. The van der Waals surface area contributed by atoms with E-state index in [1.165, 1.54) is 0 Å².